The van der Waals surface area contributed by atoms with Gasteiger partial charge in [0.05, 0.1) is 0 Å². The van der Waals surface area contributed by atoms with Gasteiger partial charge in [-0.1, -0.05) is 24.3 Å². The number of amides is 1. The van der Waals surface area contributed by atoms with Crippen molar-refractivity contribution in [1.29, 1.82) is 0 Å². The SMILES string of the molecule is CCN(CCCNC(=O)/C=C/c1ccc2c(c1)OCO2)c1ccccc1. The maximum atomic E-state index is 12.0. The summed E-state index contributed by atoms with van der Waals surface area (Å²) in [5, 5.41) is 2.93. The van der Waals surface area contributed by atoms with Gasteiger partial charge in [0.15, 0.2) is 11.5 Å². The minimum Gasteiger partial charge on any atom is -0.454 e. The third-order valence-electron chi connectivity index (χ3n) is 4.23. The van der Waals surface area contributed by atoms with Crippen LogP contribution in [0.3, 0.4) is 0 Å². The van der Waals surface area contributed by atoms with E-state index in [9.17, 15) is 4.79 Å². The second-order valence-electron chi connectivity index (χ2n) is 6.01. The van der Waals surface area contributed by atoms with E-state index >= 15 is 0 Å². The molecule has 5 heteroatoms. The fraction of sp³-hybridized carbons (Fsp3) is 0.286. The van der Waals surface area contributed by atoms with E-state index in [0.717, 1.165) is 30.8 Å². The van der Waals surface area contributed by atoms with Gasteiger partial charge < -0.3 is 19.7 Å². The lowest BCUT2D eigenvalue weighted by atomic mass is 10.2. The summed E-state index contributed by atoms with van der Waals surface area (Å²) in [7, 11) is 0. The molecule has 1 N–H and O–H groups in total. The summed E-state index contributed by atoms with van der Waals surface area (Å²) < 4.78 is 10.6. The van der Waals surface area contributed by atoms with Crippen molar-refractivity contribution in [2.75, 3.05) is 31.3 Å². The zero-order chi connectivity index (χ0) is 18.2. The van der Waals surface area contributed by atoms with Crippen LogP contribution in [-0.4, -0.2) is 32.3 Å². The number of carbonyl (C=O) groups excluding carboxylic acids is 1. The van der Waals surface area contributed by atoms with Gasteiger partial charge in [-0.25, -0.2) is 0 Å². The molecule has 5 nitrogen and oxygen atoms in total. The summed E-state index contributed by atoms with van der Waals surface area (Å²) in [6.45, 7) is 4.89. The fourth-order valence-corrected chi connectivity index (χ4v) is 2.84. The second-order valence-corrected chi connectivity index (χ2v) is 6.01. The molecule has 26 heavy (non-hydrogen) atoms. The first-order chi connectivity index (χ1) is 12.8. The Hall–Kier alpha value is -2.95. The molecule has 1 aliphatic heterocycles. The molecule has 0 saturated carbocycles. The highest BCUT2D eigenvalue weighted by Crippen LogP contribution is 2.32. The van der Waals surface area contributed by atoms with E-state index in [4.69, 9.17) is 9.47 Å². The number of para-hydroxylation sites is 1. The number of nitrogens with one attached hydrogen (secondary N) is 1. The lowest BCUT2D eigenvalue weighted by Crippen LogP contribution is -2.29. The molecule has 3 rings (SSSR count). The number of fused-ring (bicyclic) bond motifs is 1. The summed E-state index contributed by atoms with van der Waals surface area (Å²) in [5.41, 5.74) is 2.12. The van der Waals surface area contributed by atoms with Crippen molar-refractivity contribution in [2.45, 2.75) is 13.3 Å². The number of hydrogen-bond donors (Lipinski definition) is 1. The van der Waals surface area contributed by atoms with Crippen LogP contribution in [-0.2, 0) is 4.79 Å². The molecule has 0 aromatic heterocycles. The Morgan fingerprint density at radius 2 is 1.96 bits per heavy atom. The second kappa shape index (κ2) is 8.94. The summed E-state index contributed by atoms with van der Waals surface area (Å²) >= 11 is 0. The first-order valence-electron chi connectivity index (χ1n) is 8.92. The van der Waals surface area contributed by atoms with E-state index in [2.05, 4.69) is 29.3 Å². The van der Waals surface area contributed by atoms with Crippen molar-refractivity contribution in [3.05, 3.63) is 60.2 Å². The topological polar surface area (TPSA) is 50.8 Å². The molecule has 0 radical (unpaired) electrons. The largest absolute Gasteiger partial charge is 0.454 e. The van der Waals surface area contributed by atoms with E-state index in [1.54, 1.807) is 12.2 Å². The molecular weight excluding hydrogens is 328 g/mol. The first-order valence-corrected chi connectivity index (χ1v) is 8.92. The van der Waals surface area contributed by atoms with Crippen molar-refractivity contribution < 1.29 is 14.3 Å². The number of anilines is 1. The third kappa shape index (κ3) is 4.79. The highest BCUT2D eigenvalue weighted by molar-refractivity contribution is 5.91. The number of ether oxygens (including phenoxy) is 2. The summed E-state index contributed by atoms with van der Waals surface area (Å²) in [6, 6.07) is 15.9. The lowest BCUT2D eigenvalue weighted by Gasteiger charge is -2.23. The number of carbonyl (C=O) groups is 1. The van der Waals surface area contributed by atoms with Gasteiger partial charge in [-0.3, -0.25) is 4.79 Å². The van der Waals surface area contributed by atoms with Crippen molar-refractivity contribution in [3.63, 3.8) is 0 Å². The van der Waals surface area contributed by atoms with Gasteiger partial charge in [-0.15, -0.1) is 0 Å². The molecule has 0 aliphatic carbocycles. The Bertz CT molecular complexity index is 759. The number of hydrogen-bond acceptors (Lipinski definition) is 4. The van der Waals surface area contributed by atoms with E-state index in [1.807, 2.05) is 36.4 Å². The standard InChI is InChI=1S/C21H24N2O3/c1-2-23(18-7-4-3-5-8-18)14-6-13-22-21(24)12-10-17-9-11-19-20(15-17)26-16-25-19/h3-5,7-12,15H,2,6,13-14,16H2,1H3,(H,22,24)/b12-10+. The number of benzene rings is 2. The van der Waals surface area contributed by atoms with Crippen molar-refractivity contribution in [3.8, 4) is 11.5 Å². The maximum absolute atomic E-state index is 12.0. The molecule has 2 aromatic rings. The smallest absolute Gasteiger partial charge is 0.244 e. The van der Waals surface area contributed by atoms with Crippen LogP contribution in [0.25, 0.3) is 6.08 Å². The molecule has 136 valence electrons. The number of rotatable bonds is 8. The minimum atomic E-state index is -0.0922. The Balaban J connectivity index is 1.41. The van der Waals surface area contributed by atoms with Crippen LogP contribution in [0.4, 0.5) is 5.69 Å². The Labute approximate surface area is 154 Å². The predicted molar refractivity (Wildman–Crippen MR) is 104 cm³/mol. The normalized spacial score (nSPS) is 12.3. The monoisotopic (exact) mass is 352 g/mol. The first kappa shape index (κ1) is 17.9. The van der Waals surface area contributed by atoms with Crippen LogP contribution in [0, 0.1) is 0 Å². The highest BCUT2D eigenvalue weighted by Gasteiger charge is 2.12. The predicted octanol–water partition coefficient (Wildman–Crippen LogP) is 3.46. The van der Waals surface area contributed by atoms with E-state index in [1.165, 1.54) is 5.69 Å². The van der Waals surface area contributed by atoms with Gasteiger partial charge >= 0.3 is 0 Å². The van der Waals surface area contributed by atoms with Crippen molar-refractivity contribution in [2.24, 2.45) is 0 Å². The minimum absolute atomic E-state index is 0.0922. The highest BCUT2D eigenvalue weighted by atomic mass is 16.7. The molecule has 1 amide bonds. The molecule has 0 spiro atoms. The molecule has 0 saturated heterocycles. The average Bonchev–Trinajstić information content (AvgIpc) is 3.15. The maximum Gasteiger partial charge on any atom is 0.244 e. The van der Waals surface area contributed by atoms with E-state index < -0.39 is 0 Å². The lowest BCUT2D eigenvalue weighted by molar-refractivity contribution is -0.116. The van der Waals surface area contributed by atoms with Crippen LogP contribution in [0.1, 0.15) is 18.9 Å². The van der Waals surface area contributed by atoms with E-state index in [-0.39, 0.29) is 12.7 Å². The zero-order valence-electron chi connectivity index (χ0n) is 15.0. The molecule has 0 atom stereocenters. The molecule has 0 unspecified atom stereocenters. The Morgan fingerprint density at radius 3 is 2.77 bits per heavy atom. The van der Waals surface area contributed by atoms with Crippen LogP contribution >= 0.6 is 0 Å². The quantitative estimate of drug-likeness (QED) is 0.584. The molecular formula is C21H24N2O3. The van der Waals surface area contributed by atoms with Crippen molar-refractivity contribution >= 4 is 17.7 Å². The van der Waals surface area contributed by atoms with Crippen LogP contribution in [0.15, 0.2) is 54.6 Å². The Morgan fingerprint density at radius 1 is 1.15 bits per heavy atom. The summed E-state index contributed by atoms with van der Waals surface area (Å²) in [6.07, 6.45) is 4.22. The zero-order valence-corrected chi connectivity index (χ0v) is 15.0. The van der Waals surface area contributed by atoms with Gasteiger partial charge in [-0.2, -0.15) is 0 Å². The molecule has 0 bridgehead atoms. The van der Waals surface area contributed by atoms with Crippen LogP contribution < -0.4 is 19.7 Å². The molecule has 1 heterocycles. The van der Waals surface area contributed by atoms with Crippen LogP contribution in [0.2, 0.25) is 0 Å². The van der Waals surface area contributed by atoms with Gasteiger partial charge in [0.2, 0.25) is 12.7 Å². The summed E-state index contributed by atoms with van der Waals surface area (Å²) in [5.74, 6) is 1.36. The van der Waals surface area contributed by atoms with Gasteiger partial charge in [0.25, 0.3) is 0 Å². The fourth-order valence-electron chi connectivity index (χ4n) is 2.84. The average molecular weight is 352 g/mol. The van der Waals surface area contributed by atoms with Crippen molar-refractivity contribution in [1.82, 2.24) is 5.32 Å². The van der Waals surface area contributed by atoms with Gasteiger partial charge in [0.1, 0.15) is 0 Å². The third-order valence-corrected chi connectivity index (χ3v) is 4.23. The molecule has 1 aliphatic rings. The molecule has 2 aromatic carbocycles. The van der Waals surface area contributed by atoms with Crippen LogP contribution in [0.5, 0.6) is 11.5 Å². The van der Waals surface area contributed by atoms with Gasteiger partial charge in [-0.05, 0) is 49.2 Å². The Kier molecular flexibility index (Phi) is 6.14. The number of nitrogens with zero attached hydrogens (tertiary/aromatic N) is 1. The summed E-state index contributed by atoms with van der Waals surface area (Å²) in [4.78, 5) is 14.3. The van der Waals surface area contributed by atoms with E-state index in [0.29, 0.717) is 12.3 Å². The molecule has 0 fully saturated rings. The van der Waals surface area contributed by atoms with Gasteiger partial charge in [0, 0.05) is 31.4 Å².